The van der Waals surface area contributed by atoms with Crippen LogP contribution in [0.25, 0.3) is 11.0 Å². The molecule has 0 bridgehead atoms. The molecule has 0 fully saturated rings. The molecule has 0 spiro atoms. The molecule has 3 rings (SSSR count). The van der Waals surface area contributed by atoms with Crippen LogP contribution in [0.3, 0.4) is 0 Å². The first-order valence-corrected chi connectivity index (χ1v) is 9.97. The zero-order valence-electron chi connectivity index (χ0n) is 16.7. The second-order valence-electron chi connectivity index (χ2n) is 7.07. The van der Waals surface area contributed by atoms with E-state index in [0.717, 1.165) is 37.0 Å². The Kier molecular flexibility index (Phi) is 7.20. The number of methoxy groups -OCH3 is 1. The normalized spacial score (nSPS) is 12.2. The summed E-state index contributed by atoms with van der Waals surface area (Å²) in [7, 11) is 1.53. The van der Waals surface area contributed by atoms with E-state index >= 15 is 0 Å². The van der Waals surface area contributed by atoms with Crippen molar-refractivity contribution in [2.75, 3.05) is 20.3 Å². The van der Waals surface area contributed by atoms with Crippen molar-refractivity contribution in [2.45, 2.75) is 38.6 Å². The summed E-state index contributed by atoms with van der Waals surface area (Å²) in [5, 5.41) is 2.87. The number of aromatic nitrogens is 2. The molecule has 148 valence electrons. The molecule has 1 aromatic heterocycles. The van der Waals surface area contributed by atoms with Gasteiger partial charge in [0.1, 0.15) is 12.4 Å². The van der Waals surface area contributed by atoms with Crippen molar-refractivity contribution >= 4 is 16.9 Å². The standard InChI is InChI=1S/C23H29N3O2/c1-18(19-11-5-3-6-12-19)26-21-14-9-8-13-20(21)25-22(26)15-7-4-10-16-24-23(27)17-28-2/h3,5-6,8-9,11-14,18H,4,7,10,15-17H2,1-2H3,(H,24,27). The number of nitrogens with zero attached hydrogens (tertiary/aromatic N) is 2. The number of aryl methyl sites for hydroxylation is 1. The number of imidazole rings is 1. The fourth-order valence-electron chi connectivity index (χ4n) is 3.58. The highest BCUT2D eigenvalue weighted by Gasteiger charge is 2.16. The van der Waals surface area contributed by atoms with Crippen molar-refractivity contribution < 1.29 is 9.53 Å². The van der Waals surface area contributed by atoms with Gasteiger partial charge in [0.05, 0.1) is 17.1 Å². The molecule has 1 heterocycles. The molecule has 1 amide bonds. The first-order chi connectivity index (χ1) is 13.7. The summed E-state index contributed by atoms with van der Waals surface area (Å²) in [5.41, 5.74) is 3.51. The van der Waals surface area contributed by atoms with Gasteiger partial charge in [0.2, 0.25) is 5.91 Å². The van der Waals surface area contributed by atoms with Gasteiger partial charge in [0, 0.05) is 20.1 Å². The van der Waals surface area contributed by atoms with Crippen LogP contribution in [-0.4, -0.2) is 35.7 Å². The lowest BCUT2D eigenvalue weighted by Gasteiger charge is -2.18. The molecular formula is C23H29N3O2. The van der Waals surface area contributed by atoms with Crippen LogP contribution in [-0.2, 0) is 16.0 Å². The van der Waals surface area contributed by atoms with Crippen LogP contribution < -0.4 is 5.32 Å². The largest absolute Gasteiger partial charge is 0.375 e. The van der Waals surface area contributed by atoms with Gasteiger partial charge in [0.25, 0.3) is 0 Å². The Hall–Kier alpha value is -2.66. The fourth-order valence-corrected chi connectivity index (χ4v) is 3.58. The van der Waals surface area contributed by atoms with Crippen molar-refractivity contribution in [3.8, 4) is 0 Å². The Bertz CT molecular complexity index is 889. The van der Waals surface area contributed by atoms with Gasteiger partial charge in [-0.2, -0.15) is 0 Å². The van der Waals surface area contributed by atoms with Crippen LogP contribution in [0.2, 0.25) is 0 Å². The smallest absolute Gasteiger partial charge is 0.245 e. The monoisotopic (exact) mass is 379 g/mol. The molecule has 0 radical (unpaired) electrons. The lowest BCUT2D eigenvalue weighted by molar-refractivity contribution is -0.124. The SMILES string of the molecule is COCC(=O)NCCCCCc1nc2ccccc2n1C(C)c1ccccc1. The number of fused-ring (bicyclic) bond motifs is 1. The maximum absolute atomic E-state index is 11.4. The van der Waals surface area contributed by atoms with Gasteiger partial charge in [-0.3, -0.25) is 4.79 Å². The first-order valence-electron chi connectivity index (χ1n) is 9.97. The van der Waals surface area contributed by atoms with Crippen LogP contribution in [0.5, 0.6) is 0 Å². The number of carbonyl (C=O) groups excluding carboxylic acids is 1. The number of hydrogen-bond donors (Lipinski definition) is 1. The summed E-state index contributed by atoms with van der Waals surface area (Å²) in [6.07, 6.45) is 3.99. The third-order valence-corrected chi connectivity index (χ3v) is 5.01. The minimum atomic E-state index is -0.0546. The molecular weight excluding hydrogens is 350 g/mol. The van der Waals surface area contributed by atoms with Gasteiger partial charge >= 0.3 is 0 Å². The number of hydrogen-bond acceptors (Lipinski definition) is 3. The molecule has 0 aliphatic heterocycles. The predicted molar refractivity (Wildman–Crippen MR) is 112 cm³/mol. The summed E-state index contributed by atoms with van der Waals surface area (Å²) in [6.45, 7) is 3.05. The van der Waals surface area contributed by atoms with Crippen LogP contribution in [0.1, 0.15) is 43.6 Å². The van der Waals surface area contributed by atoms with Crippen molar-refractivity contribution in [3.05, 3.63) is 66.0 Å². The Morgan fingerprint density at radius 2 is 1.82 bits per heavy atom. The molecule has 2 aromatic carbocycles. The van der Waals surface area contributed by atoms with Crippen LogP contribution in [0.15, 0.2) is 54.6 Å². The maximum Gasteiger partial charge on any atom is 0.245 e. The summed E-state index contributed by atoms with van der Waals surface area (Å²) in [6, 6.07) is 19.1. The predicted octanol–water partition coefficient (Wildman–Crippen LogP) is 4.12. The summed E-state index contributed by atoms with van der Waals surface area (Å²) >= 11 is 0. The van der Waals surface area contributed by atoms with Crippen molar-refractivity contribution in [2.24, 2.45) is 0 Å². The first kappa shape index (κ1) is 20.1. The Morgan fingerprint density at radius 3 is 2.61 bits per heavy atom. The molecule has 0 saturated heterocycles. The number of nitrogens with one attached hydrogen (secondary N) is 1. The molecule has 0 aliphatic rings. The lowest BCUT2D eigenvalue weighted by Crippen LogP contribution is -2.27. The highest BCUT2D eigenvalue weighted by atomic mass is 16.5. The second kappa shape index (κ2) is 10.0. The minimum Gasteiger partial charge on any atom is -0.375 e. The Balaban J connectivity index is 1.65. The van der Waals surface area contributed by atoms with Crippen LogP contribution >= 0.6 is 0 Å². The molecule has 1 unspecified atom stereocenters. The van der Waals surface area contributed by atoms with Crippen molar-refractivity contribution in [1.82, 2.24) is 14.9 Å². The molecule has 5 nitrogen and oxygen atoms in total. The van der Waals surface area contributed by atoms with E-state index in [2.05, 4.69) is 65.3 Å². The van der Waals surface area contributed by atoms with E-state index in [1.165, 1.54) is 18.2 Å². The molecule has 1 N–H and O–H groups in total. The third kappa shape index (κ3) is 4.98. The fraction of sp³-hybridized carbons (Fsp3) is 0.391. The van der Waals surface area contributed by atoms with Crippen LogP contribution in [0, 0.1) is 0 Å². The zero-order valence-corrected chi connectivity index (χ0v) is 16.7. The van der Waals surface area contributed by atoms with Crippen LogP contribution in [0.4, 0.5) is 0 Å². The number of benzene rings is 2. The van der Waals surface area contributed by atoms with Gasteiger partial charge in [-0.05, 0) is 37.5 Å². The number of amides is 1. The molecule has 1 atom stereocenters. The summed E-state index contributed by atoms with van der Waals surface area (Å²) in [4.78, 5) is 16.3. The van der Waals surface area contributed by atoms with Gasteiger partial charge in [-0.15, -0.1) is 0 Å². The van der Waals surface area contributed by atoms with Crippen molar-refractivity contribution in [3.63, 3.8) is 0 Å². The Labute approximate surface area is 166 Å². The quantitative estimate of drug-likeness (QED) is 0.539. The highest BCUT2D eigenvalue weighted by Crippen LogP contribution is 2.26. The maximum atomic E-state index is 11.4. The summed E-state index contributed by atoms with van der Waals surface area (Å²) in [5.74, 6) is 1.07. The third-order valence-electron chi connectivity index (χ3n) is 5.01. The number of ether oxygens (including phenoxy) is 1. The van der Waals surface area contributed by atoms with Crippen molar-refractivity contribution in [1.29, 1.82) is 0 Å². The average Bonchev–Trinajstić information content (AvgIpc) is 3.09. The molecule has 5 heteroatoms. The molecule has 0 saturated carbocycles. The van der Waals surface area contributed by atoms with E-state index in [9.17, 15) is 4.79 Å². The molecule has 28 heavy (non-hydrogen) atoms. The highest BCUT2D eigenvalue weighted by molar-refractivity contribution is 5.77. The average molecular weight is 380 g/mol. The van der Waals surface area contributed by atoms with E-state index < -0.39 is 0 Å². The van der Waals surface area contributed by atoms with E-state index in [1.54, 1.807) is 0 Å². The van der Waals surface area contributed by atoms with E-state index in [0.29, 0.717) is 6.54 Å². The number of para-hydroxylation sites is 2. The molecule has 0 aliphatic carbocycles. The molecule has 3 aromatic rings. The second-order valence-corrected chi connectivity index (χ2v) is 7.07. The number of unbranched alkanes of at least 4 members (excludes halogenated alkanes) is 2. The zero-order chi connectivity index (χ0) is 19.8. The lowest BCUT2D eigenvalue weighted by atomic mass is 10.1. The van der Waals surface area contributed by atoms with Gasteiger partial charge in [-0.25, -0.2) is 4.98 Å². The Morgan fingerprint density at radius 1 is 1.07 bits per heavy atom. The van der Waals surface area contributed by atoms with Gasteiger partial charge < -0.3 is 14.6 Å². The van der Waals surface area contributed by atoms with E-state index in [4.69, 9.17) is 9.72 Å². The topological polar surface area (TPSA) is 56.1 Å². The van der Waals surface area contributed by atoms with Gasteiger partial charge in [0.15, 0.2) is 0 Å². The summed E-state index contributed by atoms with van der Waals surface area (Å²) < 4.78 is 7.18. The number of rotatable bonds is 10. The minimum absolute atomic E-state index is 0.0546. The number of carbonyl (C=O) groups is 1. The van der Waals surface area contributed by atoms with Gasteiger partial charge in [-0.1, -0.05) is 48.9 Å². The van der Waals surface area contributed by atoms with E-state index in [1.807, 2.05) is 6.07 Å². The van der Waals surface area contributed by atoms with E-state index in [-0.39, 0.29) is 18.6 Å².